The van der Waals surface area contributed by atoms with Gasteiger partial charge in [0.1, 0.15) is 12.8 Å². The second-order valence-electron chi connectivity index (χ2n) is 4.50. The molecule has 0 aromatic carbocycles. The molecule has 110 valence electrons. The van der Waals surface area contributed by atoms with Crippen LogP contribution in [-0.4, -0.2) is 49.5 Å². The standard InChI is InChI=1S/C10H13N3O7/c14-4-6-10(5-15,13(18)19)3-8(20-6)12-2-1-7(16)11-9(12)17/h1-2,6,8,14-15H,3-5H2,(H,11,16,17)/t6-,8-,10+/m1/s1. The Balaban J connectivity index is 2.40. The summed E-state index contributed by atoms with van der Waals surface area (Å²) >= 11 is 0. The lowest BCUT2D eigenvalue weighted by Crippen LogP contribution is -2.50. The highest BCUT2D eigenvalue weighted by atomic mass is 16.6. The third kappa shape index (κ3) is 2.13. The number of rotatable bonds is 4. The van der Waals surface area contributed by atoms with Crippen molar-refractivity contribution < 1.29 is 19.9 Å². The summed E-state index contributed by atoms with van der Waals surface area (Å²) in [4.78, 5) is 35.0. The number of aromatic amines is 1. The predicted octanol–water partition coefficient (Wildman–Crippen LogP) is -2.18. The van der Waals surface area contributed by atoms with Gasteiger partial charge in [-0.1, -0.05) is 0 Å². The number of nitro groups is 1. The lowest BCUT2D eigenvalue weighted by atomic mass is 9.92. The van der Waals surface area contributed by atoms with Crippen molar-refractivity contribution in [2.75, 3.05) is 13.2 Å². The Morgan fingerprint density at radius 2 is 2.25 bits per heavy atom. The molecule has 1 aliphatic rings. The van der Waals surface area contributed by atoms with Gasteiger partial charge in [-0.05, 0) is 0 Å². The Bertz CT molecular complexity index is 624. The van der Waals surface area contributed by atoms with Crippen molar-refractivity contribution in [2.24, 2.45) is 0 Å². The normalized spacial score (nSPS) is 29.5. The molecule has 3 atom stereocenters. The van der Waals surface area contributed by atoms with Gasteiger partial charge in [0.25, 0.3) is 11.1 Å². The molecule has 0 unspecified atom stereocenters. The Morgan fingerprint density at radius 3 is 2.70 bits per heavy atom. The number of aliphatic hydroxyl groups is 2. The van der Waals surface area contributed by atoms with Crippen LogP contribution in [-0.2, 0) is 4.74 Å². The van der Waals surface area contributed by atoms with Crippen molar-refractivity contribution in [3.63, 3.8) is 0 Å². The van der Waals surface area contributed by atoms with Crippen LogP contribution < -0.4 is 11.2 Å². The number of aliphatic hydroxyl groups excluding tert-OH is 2. The molecule has 0 bridgehead atoms. The second kappa shape index (κ2) is 5.15. The fourth-order valence-corrected chi connectivity index (χ4v) is 2.25. The molecule has 20 heavy (non-hydrogen) atoms. The number of aromatic nitrogens is 2. The van der Waals surface area contributed by atoms with Crippen molar-refractivity contribution in [1.82, 2.24) is 9.55 Å². The first-order valence-electron chi connectivity index (χ1n) is 5.78. The Labute approximate surface area is 111 Å². The number of H-pyrrole nitrogens is 1. The van der Waals surface area contributed by atoms with Gasteiger partial charge < -0.3 is 14.9 Å². The zero-order valence-electron chi connectivity index (χ0n) is 10.3. The molecule has 0 amide bonds. The Morgan fingerprint density at radius 1 is 1.55 bits per heavy atom. The number of hydrogen-bond acceptors (Lipinski definition) is 7. The van der Waals surface area contributed by atoms with Crippen LogP contribution in [0.5, 0.6) is 0 Å². The first-order valence-corrected chi connectivity index (χ1v) is 5.78. The fourth-order valence-electron chi connectivity index (χ4n) is 2.25. The van der Waals surface area contributed by atoms with Crippen LogP contribution in [0, 0.1) is 10.1 Å². The third-order valence-corrected chi connectivity index (χ3v) is 3.41. The molecular weight excluding hydrogens is 274 g/mol. The van der Waals surface area contributed by atoms with Gasteiger partial charge in [0.2, 0.25) is 0 Å². The molecule has 1 saturated heterocycles. The molecule has 0 radical (unpaired) electrons. The van der Waals surface area contributed by atoms with Gasteiger partial charge in [0.05, 0.1) is 13.0 Å². The summed E-state index contributed by atoms with van der Waals surface area (Å²) in [5.41, 5.74) is -3.27. The summed E-state index contributed by atoms with van der Waals surface area (Å²) in [6.07, 6.45) is -1.44. The lowest BCUT2D eigenvalue weighted by Gasteiger charge is -2.21. The van der Waals surface area contributed by atoms with E-state index >= 15 is 0 Å². The van der Waals surface area contributed by atoms with E-state index in [9.17, 15) is 29.9 Å². The van der Waals surface area contributed by atoms with Gasteiger partial charge in [-0.2, -0.15) is 0 Å². The van der Waals surface area contributed by atoms with Gasteiger partial charge in [-0.3, -0.25) is 24.5 Å². The molecule has 2 heterocycles. The van der Waals surface area contributed by atoms with Crippen molar-refractivity contribution in [3.8, 4) is 0 Å². The van der Waals surface area contributed by atoms with Crippen LogP contribution >= 0.6 is 0 Å². The Kier molecular flexibility index (Phi) is 3.70. The third-order valence-electron chi connectivity index (χ3n) is 3.41. The van der Waals surface area contributed by atoms with Crippen LogP contribution in [0.1, 0.15) is 12.6 Å². The average molecular weight is 287 g/mol. The van der Waals surface area contributed by atoms with Gasteiger partial charge in [-0.25, -0.2) is 4.79 Å². The number of hydrogen-bond donors (Lipinski definition) is 3. The van der Waals surface area contributed by atoms with E-state index in [1.807, 2.05) is 4.98 Å². The van der Waals surface area contributed by atoms with E-state index in [0.717, 1.165) is 16.8 Å². The summed E-state index contributed by atoms with van der Waals surface area (Å²) in [7, 11) is 0. The van der Waals surface area contributed by atoms with E-state index in [0.29, 0.717) is 0 Å². The fraction of sp³-hybridized carbons (Fsp3) is 0.600. The van der Waals surface area contributed by atoms with Crippen LogP contribution in [0.3, 0.4) is 0 Å². The first kappa shape index (κ1) is 14.4. The minimum Gasteiger partial charge on any atom is -0.393 e. The van der Waals surface area contributed by atoms with Crippen LogP contribution in [0.4, 0.5) is 0 Å². The van der Waals surface area contributed by atoms with E-state index in [1.165, 1.54) is 0 Å². The molecule has 10 heteroatoms. The van der Waals surface area contributed by atoms with Crippen molar-refractivity contribution in [2.45, 2.75) is 24.3 Å². The number of nitrogens with one attached hydrogen (secondary N) is 1. The summed E-state index contributed by atoms with van der Waals surface area (Å²) in [6.45, 7) is -1.50. The molecule has 1 fully saturated rings. The SMILES string of the molecule is O=c1ccn([C@H]2C[C@@](CO)([N+](=O)[O-])[C@@H](CO)O2)c(=O)[nH]1. The van der Waals surface area contributed by atoms with E-state index in [2.05, 4.69) is 0 Å². The molecule has 2 rings (SSSR count). The molecule has 1 aromatic rings. The minimum atomic E-state index is -1.88. The van der Waals surface area contributed by atoms with Crippen LogP contribution in [0.25, 0.3) is 0 Å². The summed E-state index contributed by atoms with van der Waals surface area (Å²) in [5.74, 6) is 0. The quantitative estimate of drug-likeness (QED) is 0.421. The minimum absolute atomic E-state index is 0.298. The van der Waals surface area contributed by atoms with E-state index < -0.39 is 47.3 Å². The number of nitrogens with zero attached hydrogens (tertiary/aromatic N) is 2. The van der Waals surface area contributed by atoms with E-state index in [4.69, 9.17) is 4.74 Å². The summed E-state index contributed by atoms with van der Waals surface area (Å²) in [6, 6.07) is 1.07. The molecule has 3 N–H and O–H groups in total. The number of ether oxygens (including phenoxy) is 1. The summed E-state index contributed by atoms with van der Waals surface area (Å²) < 4.78 is 6.25. The maximum absolute atomic E-state index is 11.6. The zero-order chi connectivity index (χ0) is 14.9. The molecule has 0 spiro atoms. The maximum Gasteiger partial charge on any atom is 0.330 e. The highest BCUT2D eigenvalue weighted by molar-refractivity contribution is 4.97. The highest BCUT2D eigenvalue weighted by Crippen LogP contribution is 2.37. The van der Waals surface area contributed by atoms with Gasteiger partial charge in [-0.15, -0.1) is 0 Å². The van der Waals surface area contributed by atoms with Crippen molar-refractivity contribution >= 4 is 0 Å². The van der Waals surface area contributed by atoms with Crippen molar-refractivity contribution in [1.29, 1.82) is 0 Å². The van der Waals surface area contributed by atoms with Gasteiger partial charge in [0.15, 0.2) is 6.10 Å². The smallest absolute Gasteiger partial charge is 0.330 e. The van der Waals surface area contributed by atoms with E-state index in [1.54, 1.807) is 0 Å². The molecule has 0 saturated carbocycles. The lowest BCUT2D eigenvalue weighted by molar-refractivity contribution is -0.579. The molecule has 10 nitrogen and oxygen atoms in total. The highest BCUT2D eigenvalue weighted by Gasteiger charge is 2.59. The van der Waals surface area contributed by atoms with Gasteiger partial charge >= 0.3 is 5.69 Å². The Hall–Kier alpha value is -2.04. The largest absolute Gasteiger partial charge is 0.393 e. The van der Waals surface area contributed by atoms with Crippen LogP contribution in [0.15, 0.2) is 21.9 Å². The topological polar surface area (TPSA) is 148 Å². The predicted molar refractivity (Wildman–Crippen MR) is 63.7 cm³/mol. The second-order valence-corrected chi connectivity index (χ2v) is 4.50. The molecular formula is C10H13N3O7. The maximum atomic E-state index is 11.6. The van der Waals surface area contributed by atoms with Gasteiger partial charge in [0, 0.05) is 17.2 Å². The zero-order valence-corrected chi connectivity index (χ0v) is 10.3. The molecule has 1 aromatic heterocycles. The van der Waals surface area contributed by atoms with Crippen molar-refractivity contribution in [3.05, 3.63) is 43.2 Å². The van der Waals surface area contributed by atoms with Crippen LogP contribution in [0.2, 0.25) is 0 Å². The first-order chi connectivity index (χ1) is 9.44. The molecule has 1 aliphatic heterocycles. The summed E-state index contributed by atoms with van der Waals surface area (Å²) in [5, 5.41) is 29.6. The molecule has 0 aliphatic carbocycles. The van der Waals surface area contributed by atoms with E-state index in [-0.39, 0.29) is 6.42 Å². The average Bonchev–Trinajstić information content (AvgIpc) is 2.78. The monoisotopic (exact) mass is 287 g/mol.